The average Bonchev–Trinajstić information content (AvgIpc) is 2.97. The minimum Gasteiger partial charge on any atom is -0.377 e. The third-order valence-electron chi connectivity index (χ3n) is 6.19. The van der Waals surface area contributed by atoms with Gasteiger partial charge < -0.3 is 14.8 Å². The number of rotatable bonds is 0. The van der Waals surface area contributed by atoms with Gasteiger partial charge in [-0.05, 0) is 50.4 Å². The van der Waals surface area contributed by atoms with Gasteiger partial charge >= 0.3 is 0 Å². The SMILES string of the molecule is C1CC2CC(C1)C1NNC3CCC(CC31)OCCNCCO2. The Bertz CT molecular complexity index is 368. The van der Waals surface area contributed by atoms with Crippen molar-refractivity contribution in [3.05, 3.63) is 0 Å². The van der Waals surface area contributed by atoms with E-state index in [0.717, 1.165) is 38.1 Å². The molecule has 2 aliphatic heterocycles. The van der Waals surface area contributed by atoms with Crippen LogP contribution in [0.1, 0.15) is 44.9 Å². The molecule has 2 saturated carbocycles. The van der Waals surface area contributed by atoms with Crippen LogP contribution in [0.5, 0.6) is 0 Å². The monoisotopic (exact) mass is 309 g/mol. The number of hydrazine groups is 1. The van der Waals surface area contributed by atoms with Crippen LogP contribution >= 0.6 is 0 Å². The van der Waals surface area contributed by atoms with E-state index in [0.29, 0.717) is 24.3 Å². The number of hydrogen-bond donors (Lipinski definition) is 3. The second-order valence-corrected chi connectivity index (χ2v) is 7.56. The Balaban J connectivity index is 1.47. The van der Waals surface area contributed by atoms with Gasteiger partial charge in [-0.15, -0.1) is 0 Å². The Labute approximate surface area is 133 Å². The molecule has 4 fully saturated rings. The van der Waals surface area contributed by atoms with Gasteiger partial charge in [0, 0.05) is 25.2 Å². The summed E-state index contributed by atoms with van der Waals surface area (Å²) in [6.45, 7) is 3.56. The third kappa shape index (κ3) is 3.34. The molecule has 5 nitrogen and oxygen atoms in total. The molecule has 22 heavy (non-hydrogen) atoms. The van der Waals surface area contributed by atoms with E-state index in [9.17, 15) is 0 Å². The van der Waals surface area contributed by atoms with Gasteiger partial charge in [-0.25, -0.2) is 0 Å². The predicted molar refractivity (Wildman–Crippen MR) is 85.5 cm³/mol. The van der Waals surface area contributed by atoms with Gasteiger partial charge in [0.15, 0.2) is 0 Å². The van der Waals surface area contributed by atoms with Crippen LogP contribution in [0.3, 0.4) is 0 Å². The molecule has 6 unspecified atom stereocenters. The summed E-state index contributed by atoms with van der Waals surface area (Å²) in [5.74, 6) is 1.49. The van der Waals surface area contributed by atoms with Gasteiger partial charge in [0.2, 0.25) is 0 Å². The van der Waals surface area contributed by atoms with E-state index < -0.39 is 0 Å². The summed E-state index contributed by atoms with van der Waals surface area (Å²) >= 11 is 0. The third-order valence-corrected chi connectivity index (χ3v) is 6.19. The van der Waals surface area contributed by atoms with Crippen LogP contribution in [0.2, 0.25) is 0 Å². The highest BCUT2D eigenvalue weighted by molar-refractivity contribution is 4.99. The van der Waals surface area contributed by atoms with E-state index in [-0.39, 0.29) is 0 Å². The average molecular weight is 309 g/mol. The summed E-state index contributed by atoms with van der Waals surface area (Å²) in [4.78, 5) is 0. The molecular formula is C17H31N3O2. The molecule has 3 N–H and O–H groups in total. The van der Waals surface area contributed by atoms with Crippen LogP contribution in [0.25, 0.3) is 0 Å². The van der Waals surface area contributed by atoms with Gasteiger partial charge in [0.1, 0.15) is 0 Å². The quantitative estimate of drug-likeness (QED) is 0.628. The first-order valence-electron chi connectivity index (χ1n) is 9.35. The maximum absolute atomic E-state index is 6.13. The zero-order valence-electron chi connectivity index (χ0n) is 13.6. The summed E-state index contributed by atoms with van der Waals surface area (Å²) in [6, 6.07) is 1.26. The lowest BCUT2D eigenvalue weighted by Gasteiger charge is -2.39. The topological polar surface area (TPSA) is 54.5 Å². The van der Waals surface area contributed by atoms with E-state index in [1.165, 1.54) is 44.9 Å². The summed E-state index contributed by atoms with van der Waals surface area (Å²) in [5.41, 5.74) is 7.23. The van der Waals surface area contributed by atoms with Crippen molar-refractivity contribution in [3.8, 4) is 0 Å². The smallest absolute Gasteiger partial charge is 0.0594 e. The van der Waals surface area contributed by atoms with Crippen LogP contribution in [0, 0.1) is 11.8 Å². The molecule has 0 spiro atoms. The Hall–Kier alpha value is -0.200. The first-order valence-corrected chi connectivity index (χ1v) is 9.35. The molecule has 0 aromatic rings. The molecular weight excluding hydrogens is 278 g/mol. The van der Waals surface area contributed by atoms with Gasteiger partial charge in [0.25, 0.3) is 0 Å². The Morgan fingerprint density at radius 3 is 2.45 bits per heavy atom. The summed E-state index contributed by atoms with van der Waals surface area (Å²) in [7, 11) is 0. The molecule has 126 valence electrons. The van der Waals surface area contributed by atoms with Crippen molar-refractivity contribution in [3.63, 3.8) is 0 Å². The second-order valence-electron chi connectivity index (χ2n) is 7.56. The van der Waals surface area contributed by atoms with Gasteiger partial charge in [0.05, 0.1) is 25.4 Å². The maximum Gasteiger partial charge on any atom is 0.0594 e. The fraction of sp³-hybridized carbons (Fsp3) is 1.00. The van der Waals surface area contributed by atoms with Crippen molar-refractivity contribution >= 4 is 0 Å². The number of ether oxygens (including phenoxy) is 2. The molecule has 4 bridgehead atoms. The van der Waals surface area contributed by atoms with Gasteiger partial charge in [-0.2, -0.15) is 0 Å². The first-order chi connectivity index (χ1) is 10.9. The van der Waals surface area contributed by atoms with E-state index in [2.05, 4.69) is 16.2 Å². The van der Waals surface area contributed by atoms with Crippen molar-refractivity contribution in [2.24, 2.45) is 11.8 Å². The van der Waals surface area contributed by atoms with Crippen molar-refractivity contribution in [1.82, 2.24) is 16.2 Å². The Morgan fingerprint density at radius 1 is 0.773 bits per heavy atom. The zero-order valence-corrected chi connectivity index (χ0v) is 13.6. The summed E-state index contributed by atoms with van der Waals surface area (Å²) in [6.07, 6.45) is 9.76. The van der Waals surface area contributed by atoms with E-state index >= 15 is 0 Å². The van der Waals surface area contributed by atoms with Crippen molar-refractivity contribution in [1.29, 1.82) is 0 Å². The molecule has 0 aromatic heterocycles. The highest BCUT2D eigenvalue weighted by Gasteiger charge is 2.44. The summed E-state index contributed by atoms with van der Waals surface area (Å²) < 4.78 is 12.2. The molecule has 2 heterocycles. The van der Waals surface area contributed by atoms with Crippen LogP contribution in [0.15, 0.2) is 0 Å². The van der Waals surface area contributed by atoms with E-state index in [1.54, 1.807) is 0 Å². The fourth-order valence-corrected chi connectivity index (χ4v) is 5.05. The van der Waals surface area contributed by atoms with E-state index in [4.69, 9.17) is 9.47 Å². The molecule has 2 aliphatic carbocycles. The van der Waals surface area contributed by atoms with Crippen LogP contribution in [-0.2, 0) is 9.47 Å². The van der Waals surface area contributed by atoms with Crippen LogP contribution in [0.4, 0.5) is 0 Å². The second kappa shape index (κ2) is 7.14. The summed E-state index contributed by atoms with van der Waals surface area (Å²) in [5, 5.41) is 3.44. The number of nitrogens with one attached hydrogen (secondary N) is 3. The number of hydrogen-bond acceptors (Lipinski definition) is 5. The minimum absolute atomic E-state index is 0.464. The maximum atomic E-state index is 6.13. The lowest BCUT2D eigenvalue weighted by molar-refractivity contribution is -0.0152. The number of fused-ring (bicyclic) bond motifs is 4. The van der Waals surface area contributed by atoms with Crippen LogP contribution in [-0.4, -0.2) is 50.6 Å². The fourth-order valence-electron chi connectivity index (χ4n) is 5.05. The Kier molecular flexibility index (Phi) is 4.98. The first kappa shape index (κ1) is 15.3. The van der Waals surface area contributed by atoms with E-state index in [1.807, 2.05) is 0 Å². The molecule has 5 heteroatoms. The van der Waals surface area contributed by atoms with Crippen molar-refractivity contribution in [2.45, 2.75) is 69.2 Å². The predicted octanol–water partition coefficient (Wildman–Crippen LogP) is 1.20. The Morgan fingerprint density at radius 2 is 1.59 bits per heavy atom. The minimum atomic E-state index is 0.464. The molecule has 4 rings (SSSR count). The van der Waals surface area contributed by atoms with Gasteiger partial charge in [-0.3, -0.25) is 10.9 Å². The van der Waals surface area contributed by atoms with Crippen molar-refractivity contribution < 1.29 is 9.47 Å². The zero-order chi connectivity index (χ0) is 14.8. The largest absolute Gasteiger partial charge is 0.377 e. The lowest BCUT2D eigenvalue weighted by Crippen LogP contribution is -2.43. The molecule has 0 radical (unpaired) electrons. The van der Waals surface area contributed by atoms with Crippen molar-refractivity contribution in [2.75, 3.05) is 26.3 Å². The molecule has 2 saturated heterocycles. The molecule has 4 aliphatic rings. The normalized spacial score (nSPS) is 46.9. The highest BCUT2D eigenvalue weighted by Crippen LogP contribution is 2.39. The highest BCUT2D eigenvalue weighted by atomic mass is 16.5. The van der Waals surface area contributed by atoms with Crippen LogP contribution < -0.4 is 16.2 Å². The van der Waals surface area contributed by atoms with Gasteiger partial charge in [-0.1, -0.05) is 6.42 Å². The standard InChI is InChI=1S/C17H31N3O2/c1-2-12-10-13(3-1)21-8-6-18-7-9-22-14-4-5-16-15(11-14)17(12)20-19-16/h12-20H,1-11H2. The molecule has 0 aromatic carbocycles. The molecule has 0 amide bonds. The molecule has 6 atom stereocenters. The lowest BCUT2D eigenvalue weighted by atomic mass is 9.72.